The van der Waals surface area contributed by atoms with Gasteiger partial charge in [0.05, 0.1) is 4.92 Å². The van der Waals surface area contributed by atoms with Gasteiger partial charge in [-0.25, -0.2) is 0 Å². The summed E-state index contributed by atoms with van der Waals surface area (Å²) >= 11 is 0. The quantitative estimate of drug-likeness (QED) is 0.389. The van der Waals surface area contributed by atoms with Gasteiger partial charge >= 0.3 is 5.69 Å². The summed E-state index contributed by atoms with van der Waals surface area (Å²) in [6.45, 7) is 0.527. The standard InChI is InChI=1S/C20H18N2O4/c21-18-11-17(25-13-15-7-3-1-4-8-15)12-19(20(18)22(23)24)26-14-16-9-5-2-6-10-16/h1-12H,13-14,21H2. The van der Waals surface area contributed by atoms with E-state index in [9.17, 15) is 10.1 Å². The van der Waals surface area contributed by atoms with Crippen LogP contribution in [0.25, 0.3) is 0 Å². The fourth-order valence-corrected chi connectivity index (χ4v) is 2.47. The van der Waals surface area contributed by atoms with Crippen LogP contribution < -0.4 is 15.2 Å². The summed E-state index contributed by atoms with van der Waals surface area (Å²) < 4.78 is 11.4. The average molecular weight is 350 g/mol. The Bertz CT molecular complexity index is 883. The van der Waals surface area contributed by atoms with Crippen molar-refractivity contribution in [1.29, 1.82) is 0 Å². The molecule has 0 aliphatic carbocycles. The Balaban J connectivity index is 1.80. The second kappa shape index (κ2) is 8.02. The van der Waals surface area contributed by atoms with Crippen molar-refractivity contribution < 1.29 is 14.4 Å². The molecule has 6 nitrogen and oxygen atoms in total. The minimum absolute atomic E-state index is 0.00335. The lowest BCUT2D eigenvalue weighted by Crippen LogP contribution is -2.04. The predicted molar refractivity (Wildman–Crippen MR) is 99.1 cm³/mol. The molecule has 0 spiro atoms. The van der Waals surface area contributed by atoms with Crippen LogP contribution in [0.5, 0.6) is 11.5 Å². The number of rotatable bonds is 7. The van der Waals surface area contributed by atoms with E-state index in [4.69, 9.17) is 15.2 Å². The van der Waals surface area contributed by atoms with Crippen LogP contribution in [0.4, 0.5) is 11.4 Å². The summed E-state index contributed by atoms with van der Waals surface area (Å²) in [5.41, 5.74) is 7.49. The van der Waals surface area contributed by atoms with E-state index in [1.165, 1.54) is 12.1 Å². The van der Waals surface area contributed by atoms with Crippen molar-refractivity contribution in [3.05, 3.63) is 94.0 Å². The monoisotopic (exact) mass is 350 g/mol. The smallest absolute Gasteiger partial charge is 0.333 e. The molecular weight excluding hydrogens is 332 g/mol. The van der Waals surface area contributed by atoms with Gasteiger partial charge < -0.3 is 15.2 Å². The van der Waals surface area contributed by atoms with Crippen LogP contribution in [-0.2, 0) is 13.2 Å². The Labute approximate surface area is 150 Å². The number of nitro groups is 1. The van der Waals surface area contributed by atoms with E-state index in [1.807, 2.05) is 60.7 Å². The van der Waals surface area contributed by atoms with Gasteiger partial charge in [0.2, 0.25) is 5.75 Å². The number of nitrogens with two attached hydrogens (primary N) is 1. The van der Waals surface area contributed by atoms with Crippen LogP contribution >= 0.6 is 0 Å². The number of hydrogen-bond acceptors (Lipinski definition) is 5. The van der Waals surface area contributed by atoms with E-state index < -0.39 is 4.92 Å². The molecule has 2 N–H and O–H groups in total. The molecular formula is C20H18N2O4. The topological polar surface area (TPSA) is 87.6 Å². The summed E-state index contributed by atoms with van der Waals surface area (Å²) in [5.74, 6) is 0.502. The lowest BCUT2D eigenvalue weighted by molar-refractivity contribution is -0.385. The predicted octanol–water partition coefficient (Wildman–Crippen LogP) is 4.34. The Kier molecular flexibility index (Phi) is 5.34. The third-order valence-electron chi connectivity index (χ3n) is 3.75. The molecule has 0 bridgehead atoms. The van der Waals surface area contributed by atoms with Gasteiger partial charge in [0.25, 0.3) is 0 Å². The van der Waals surface area contributed by atoms with Gasteiger partial charge in [0, 0.05) is 12.1 Å². The highest BCUT2D eigenvalue weighted by Crippen LogP contribution is 2.38. The molecule has 0 fully saturated rings. The van der Waals surface area contributed by atoms with Crippen LogP contribution in [-0.4, -0.2) is 4.92 Å². The Hall–Kier alpha value is -3.54. The van der Waals surface area contributed by atoms with Crippen LogP contribution in [0.15, 0.2) is 72.8 Å². The zero-order valence-corrected chi connectivity index (χ0v) is 14.0. The first-order chi connectivity index (χ1) is 12.6. The van der Waals surface area contributed by atoms with Gasteiger partial charge in [-0.1, -0.05) is 60.7 Å². The molecule has 3 aromatic rings. The van der Waals surface area contributed by atoms with Gasteiger partial charge in [0.1, 0.15) is 24.7 Å². The SMILES string of the molecule is Nc1cc(OCc2ccccc2)cc(OCc2ccccc2)c1[N+](=O)[O-]. The summed E-state index contributed by atoms with van der Waals surface area (Å²) in [6, 6.07) is 22.0. The van der Waals surface area contributed by atoms with E-state index in [0.29, 0.717) is 12.4 Å². The highest BCUT2D eigenvalue weighted by Gasteiger charge is 2.22. The second-order valence-corrected chi connectivity index (χ2v) is 5.66. The molecule has 3 aromatic carbocycles. The van der Waals surface area contributed by atoms with E-state index >= 15 is 0 Å². The van der Waals surface area contributed by atoms with Gasteiger partial charge in [-0.3, -0.25) is 10.1 Å². The molecule has 0 saturated heterocycles. The normalized spacial score (nSPS) is 10.3. The van der Waals surface area contributed by atoms with Crippen molar-refractivity contribution in [1.82, 2.24) is 0 Å². The second-order valence-electron chi connectivity index (χ2n) is 5.66. The molecule has 0 saturated carbocycles. The number of anilines is 1. The van der Waals surface area contributed by atoms with Crippen LogP contribution in [0.3, 0.4) is 0 Å². The Morgan fingerprint density at radius 2 is 1.38 bits per heavy atom. The largest absolute Gasteiger partial charge is 0.489 e. The Morgan fingerprint density at radius 1 is 0.846 bits per heavy atom. The van der Waals surface area contributed by atoms with Crippen LogP contribution in [0, 0.1) is 10.1 Å². The maximum atomic E-state index is 11.3. The van der Waals surface area contributed by atoms with Crippen molar-refractivity contribution in [2.75, 3.05) is 5.73 Å². The van der Waals surface area contributed by atoms with Crippen molar-refractivity contribution in [3.8, 4) is 11.5 Å². The minimum atomic E-state index is -0.545. The Morgan fingerprint density at radius 3 is 1.92 bits per heavy atom. The first-order valence-electron chi connectivity index (χ1n) is 8.05. The highest BCUT2D eigenvalue weighted by molar-refractivity contribution is 5.68. The fourth-order valence-electron chi connectivity index (χ4n) is 2.47. The zero-order valence-electron chi connectivity index (χ0n) is 14.0. The maximum absolute atomic E-state index is 11.3. The van der Waals surface area contributed by atoms with Gasteiger partial charge in [-0.05, 0) is 11.1 Å². The number of nitro benzene ring substituents is 1. The molecule has 3 rings (SSSR count). The van der Waals surface area contributed by atoms with E-state index in [-0.39, 0.29) is 23.7 Å². The average Bonchev–Trinajstić information content (AvgIpc) is 2.66. The molecule has 0 aromatic heterocycles. The first-order valence-corrected chi connectivity index (χ1v) is 8.05. The van der Waals surface area contributed by atoms with Crippen molar-refractivity contribution in [3.63, 3.8) is 0 Å². The molecule has 0 unspecified atom stereocenters. The molecule has 0 atom stereocenters. The number of nitrogens with zero attached hydrogens (tertiary/aromatic N) is 1. The number of hydrogen-bond donors (Lipinski definition) is 1. The van der Waals surface area contributed by atoms with Gasteiger partial charge in [0.15, 0.2) is 0 Å². The van der Waals surface area contributed by atoms with E-state index in [2.05, 4.69) is 0 Å². The number of ether oxygens (including phenoxy) is 2. The summed E-state index contributed by atoms with van der Waals surface area (Å²) in [5, 5.41) is 11.3. The molecule has 0 heterocycles. The lowest BCUT2D eigenvalue weighted by Gasteiger charge is -2.12. The van der Waals surface area contributed by atoms with E-state index in [0.717, 1.165) is 11.1 Å². The fraction of sp³-hybridized carbons (Fsp3) is 0.100. The highest BCUT2D eigenvalue weighted by atomic mass is 16.6. The molecule has 6 heteroatoms. The lowest BCUT2D eigenvalue weighted by atomic mass is 10.2. The van der Waals surface area contributed by atoms with E-state index in [1.54, 1.807) is 0 Å². The minimum Gasteiger partial charge on any atom is -0.489 e. The van der Waals surface area contributed by atoms with Crippen LogP contribution in [0.1, 0.15) is 11.1 Å². The molecule has 26 heavy (non-hydrogen) atoms. The van der Waals surface area contributed by atoms with Crippen molar-refractivity contribution >= 4 is 11.4 Å². The molecule has 0 aliphatic rings. The molecule has 132 valence electrons. The van der Waals surface area contributed by atoms with Gasteiger partial charge in [-0.2, -0.15) is 0 Å². The maximum Gasteiger partial charge on any atom is 0.333 e. The first kappa shape index (κ1) is 17.3. The molecule has 0 amide bonds. The third kappa shape index (κ3) is 4.30. The summed E-state index contributed by atoms with van der Waals surface area (Å²) in [7, 11) is 0. The third-order valence-corrected chi connectivity index (χ3v) is 3.75. The van der Waals surface area contributed by atoms with Gasteiger partial charge in [-0.15, -0.1) is 0 Å². The molecule has 0 radical (unpaired) electrons. The van der Waals surface area contributed by atoms with Crippen LogP contribution in [0.2, 0.25) is 0 Å². The zero-order chi connectivity index (χ0) is 18.4. The number of benzene rings is 3. The molecule has 0 aliphatic heterocycles. The number of nitrogen functional groups attached to an aromatic ring is 1. The summed E-state index contributed by atoms with van der Waals surface area (Å²) in [4.78, 5) is 10.8. The summed E-state index contributed by atoms with van der Waals surface area (Å²) in [6.07, 6.45) is 0. The van der Waals surface area contributed by atoms with Crippen molar-refractivity contribution in [2.45, 2.75) is 13.2 Å². The van der Waals surface area contributed by atoms with Crippen molar-refractivity contribution in [2.24, 2.45) is 0 Å².